The van der Waals surface area contributed by atoms with Crippen LogP contribution in [-0.2, 0) is 0 Å². The number of benzene rings is 1. The van der Waals surface area contributed by atoms with Crippen LogP contribution >= 0.6 is 0 Å². The molecule has 1 aromatic carbocycles. The van der Waals surface area contributed by atoms with Gasteiger partial charge in [0.2, 0.25) is 0 Å². The lowest BCUT2D eigenvalue weighted by atomic mass is 9.98. The van der Waals surface area contributed by atoms with Gasteiger partial charge in [0.25, 0.3) is 0 Å². The Morgan fingerprint density at radius 1 is 1.25 bits per heavy atom. The SMILES string of the molecule is Cc1cccc(C(C)C)c1NCC(C)CN. The van der Waals surface area contributed by atoms with Gasteiger partial charge in [-0.25, -0.2) is 0 Å². The maximum atomic E-state index is 5.63. The quantitative estimate of drug-likeness (QED) is 0.800. The van der Waals surface area contributed by atoms with Crippen LogP contribution in [0.4, 0.5) is 5.69 Å². The van der Waals surface area contributed by atoms with Crippen molar-refractivity contribution in [3.05, 3.63) is 29.3 Å². The fraction of sp³-hybridized carbons (Fsp3) is 0.571. The minimum atomic E-state index is 0.514. The first kappa shape index (κ1) is 13.0. The van der Waals surface area contributed by atoms with Gasteiger partial charge in [0.15, 0.2) is 0 Å². The second-order valence-corrected chi connectivity index (χ2v) is 4.92. The molecular formula is C14H24N2. The minimum Gasteiger partial charge on any atom is -0.384 e. The van der Waals surface area contributed by atoms with E-state index in [0.29, 0.717) is 11.8 Å². The zero-order chi connectivity index (χ0) is 12.1. The van der Waals surface area contributed by atoms with E-state index in [1.165, 1.54) is 16.8 Å². The smallest absolute Gasteiger partial charge is 0.0405 e. The van der Waals surface area contributed by atoms with Gasteiger partial charge >= 0.3 is 0 Å². The molecule has 0 bridgehead atoms. The Bertz CT molecular complexity index is 332. The molecule has 0 spiro atoms. The predicted octanol–water partition coefficient (Wildman–Crippen LogP) is 3.13. The number of para-hydroxylation sites is 1. The molecule has 3 N–H and O–H groups in total. The Morgan fingerprint density at radius 3 is 2.50 bits per heavy atom. The number of nitrogens with two attached hydrogens (primary N) is 1. The largest absolute Gasteiger partial charge is 0.384 e. The monoisotopic (exact) mass is 220 g/mol. The summed E-state index contributed by atoms with van der Waals surface area (Å²) in [7, 11) is 0. The van der Waals surface area contributed by atoms with Gasteiger partial charge < -0.3 is 11.1 Å². The summed E-state index contributed by atoms with van der Waals surface area (Å²) >= 11 is 0. The van der Waals surface area contributed by atoms with Gasteiger partial charge in [0.1, 0.15) is 0 Å². The van der Waals surface area contributed by atoms with Crippen LogP contribution in [0.1, 0.15) is 37.8 Å². The summed E-state index contributed by atoms with van der Waals surface area (Å²) < 4.78 is 0. The lowest BCUT2D eigenvalue weighted by Gasteiger charge is -2.19. The molecular weight excluding hydrogens is 196 g/mol. The summed E-state index contributed by atoms with van der Waals surface area (Å²) in [6.45, 7) is 10.5. The molecule has 1 atom stereocenters. The molecule has 0 heterocycles. The fourth-order valence-electron chi connectivity index (χ4n) is 1.77. The molecule has 0 saturated carbocycles. The van der Waals surface area contributed by atoms with E-state index in [-0.39, 0.29) is 0 Å². The van der Waals surface area contributed by atoms with Crippen LogP contribution in [0.25, 0.3) is 0 Å². The van der Waals surface area contributed by atoms with Crippen LogP contribution in [0.2, 0.25) is 0 Å². The second kappa shape index (κ2) is 5.90. The molecule has 0 aliphatic heterocycles. The summed E-state index contributed by atoms with van der Waals surface area (Å²) in [5.74, 6) is 1.07. The third kappa shape index (κ3) is 3.24. The molecule has 0 aromatic heterocycles. The van der Waals surface area contributed by atoms with Crippen LogP contribution in [-0.4, -0.2) is 13.1 Å². The lowest BCUT2D eigenvalue weighted by molar-refractivity contribution is 0.627. The third-order valence-electron chi connectivity index (χ3n) is 2.96. The molecule has 0 radical (unpaired) electrons. The zero-order valence-electron chi connectivity index (χ0n) is 10.9. The van der Waals surface area contributed by atoms with Gasteiger partial charge in [-0.1, -0.05) is 39.0 Å². The van der Waals surface area contributed by atoms with E-state index in [2.05, 4.69) is 51.2 Å². The van der Waals surface area contributed by atoms with Crippen molar-refractivity contribution in [2.24, 2.45) is 11.7 Å². The number of hydrogen-bond acceptors (Lipinski definition) is 2. The molecule has 0 aliphatic rings. The maximum Gasteiger partial charge on any atom is 0.0405 e. The van der Waals surface area contributed by atoms with Crippen molar-refractivity contribution in [3.8, 4) is 0 Å². The summed E-state index contributed by atoms with van der Waals surface area (Å²) in [5.41, 5.74) is 9.63. The molecule has 0 saturated heterocycles. The highest BCUT2D eigenvalue weighted by atomic mass is 14.9. The average Bonchev–Trinajstić information content (AvgIpc) is 2.26. The maximum absolute atomic E-state index is 5.63. The van der Waals surface area contributed by atoms with Gasteiger partial charge in [0, 0.05) is 12.2 Å². The standard InChI is InChI=1S/C14H24N2/c1-10(2)13-7-5-6-12(4)14(13)16-9-11(3)8-15/h5-7,10-11,16H,8-9,15H2,1-4H3. The molecule has 1 aromatic rings. The van der Waals surface area contributed by atoms with Crippen molar-refractivity contribution in [2.75, 3.05) is 18.4 Å². The van der Waals surface area contributed by atoms with Crippen molar-refractivity contribution in [1.29, 1.82) is 0 Å². The van der Waals surface area contributed by atoms with Gasteiger partial charge in [-0.3, -0.25) is 0 Å². The van der Waals surface area contributed by atoms with E-state index in [4.69, 9.17) is 5.73 Å². The van der Waals surface area contributed by atoms with Crippen molar-refractivity contribution in [2.45, 2.75) is 33.6 Å². The minimum absolute atomic E-state index is 0.514. The van der Waals surface area contributed by atoms with E-state index in [1.54, 1.807) is 0 Å². The normalized spacial score (nSPS) is 12.9. The number of rotatable bonds is 5. The average molecular weight is 220 g/mol. The Kier molecular flexibility index (Phi) is 4.81. The van der Waals surface area contributed by atoms with E-state index in [9.17, 15) is 0 Å². The molecule has 0 fully saturated rings. The Hall–Kier alpha value is -1.02. The second-order valence-electron chi connectivity index (χ2n) is 4.92. The summed E-state index contributed by atoms with van der Waals surface area (Å²) in [6.07, 6.45) is 0. The lowest BCUT2D eigenvalue weighted by Crippen LogP contribution is -2.20. The van der Waals surface area contributed by atoms with Crippen LogP contribution in [0, 0.1) is 12.8 Å². The van der Waals surface area contributed by atoms with Crippen LogP contribution in [0.5, 0.6) is 0 Å². The molecule has 1 unspecified atom stereocenters. The van der Waals surface area contributed by atoms with Crippen LogP contribution in [0.15, 0.2) is 18.2 Å². The molecule has 0 aliphatic carbocycles. The summed E-state index contributed by atoms with van der Waals surface area (Å²) in [4.78, 5) is 0. The summed E-state index contributed by atoms with van der Waals surface area (Å²) in [5, 5.41) is 3.53. The van der Waals surface area contributed by atoms with Crippen LogP contribution < -0.4 is 11.1 Å². The van der Waals surface area contributed by atoms with E-state index in [0.717, 1.165) is 13.1 Å². The van der Waals surface area contributed by atoms with E-state index in [1.807, 2.05) is 0 Å². The highest BCUT2D eigenvalue weighted by molar-refractivity contribution is 5.58. The molecule has 90 valence electrons. The first-order chi connectivity index (χ1) is 7.56. The molecule has 0 amide bonds. The molecule has 16 heavy (non-hydrogen) atoms. The van der Waals surface area contributed by atoms with Crippen molar-refractivity contribution in [3.63, 3.8) is 0 Å². The van der Waals surface area contributed by atoms with Gasteiger partial charge in [0.05, 0.1) is 0 Å². The first-order valence-corrected chi connectivity index (χ1v) is 6.09. The topological polar surface area (TPSA) is 38.0 Å². The highest BCUT2D eigenvalue weighted by Crippen LogP contribution is 2.27. The highest BCUT2D eigenvalue weighted by Gasteiger charge is 2.09. The third-order valence-corrected chi connectivity index (χ3v) is 2.96. The fourth-order valence-corrected chi connectivity index (χ4v) is 1.77. The van der Waals surface area contributed by atoms with E-state index >= 15 is 0 Å². The molecule has 1 rings (SSSR count). The first-order valence-electron chi connectivity index (χ1n) is 6.09. The van der Waals surface area contributed by atoms with Crippen molar-refractivity contribution in [1.82, 2.24) is 0 Å². The van der Waals surface area contributed by atoms with Crippen molar-refractivity contribution < 1.29 is 0 Å². The molecule has 2 heteroatoms. The Labute approximate surface area is 99.2 Å². The number of hydrogen-bond donors (Lipinski definition) is 2. The van der Waals surface area contributed by atoms with E-state index < -0.39 is 0 Å². The van der Waals surface area contributed by atoms with Gasteiger partial charge in [-0.2, -0.15) is 0 Å². The number of aryl methyl sites for hydroxylation is 1. The predicted molar refractivity (Wildman–Crippen MR) is 72.0 cm³/mol. The number of anilines is 1. The van der Waals surface area contributed by atoms with Crippen LogP contribution in [0.3, 0.4) is 0 Å². The Morgan fingerprint density at radius 2 is 1.94 bits per heavy atom. The molecule has 2 nitrogen and oxygen atoms in total. The van der Waals surface area contributed by atoms with Gasteiger partial charge in [-0.15, -0.1) is 0 Å². The zero-order valence-corrected chi connectivity index (χ0v) is 10.9. The number of nitrogens with one attached hydrogen (secondary N) is 1. The van der Waals surface area contributed by atoms with Crippen molar-refractivity contribution >= 4 is 5.69 Å². The summed E-state index contributed by atoms with van der Waals surface area (Å²) in [6, 6.07) is 6.48. The van der Waals surface area contributed by atoms with Gasteiger partial charge in [-0.05, 0) is 36.4 Å². The Balaban J connectivity index is 2.84.